The summed E-state index contributed by atoms with van der Waals surface area (Å²) in [5, 5.41) is 3.57. The molecule has 1 N–H and O–H groups in total. The second kappa shape index (κ2) is 6.70. The van der Waals surface area contributed by atoms with Crippen LogP contribution in [0.4, 0.5) is 0 Å². The van der Waals surface area contributed by atoms with Crippen molar-refractivity contribution in [3.05, 3.63) is 35.9 Å². The van der Waals surface area contributed by atoms with Gasteiger partial charge in [0.2, 0.25) is 0 Å². The fourth-order valence-electron chi connectivity index (χ4n) is 2.28. The SMILES string of the molecule is Cc1ncn(CCN[C@@H](C)CCn2ccnc2C)c1C. The van der Waals surface area contributed by atoms with Crippen LogP contribution < -0.4 is 5.32 Å². The van der Waals surface area contributed by atoms with Gasteiger partial charge in [0.25, 0.3) is 0 Å². The molecule has 0 aliphatic heterocycles. The summed E-state index contributed by atoms with van der Waals surface area (Å²) in [6.45, 7) is 11.4. The first-order valence-electron chi connectivity index (χ1n) is 7.27. The van der Waals surface area contributed by atoms with Crippen molar-refractivity contribution >= 4 is 0 Å². The third-order valence-corrected chi connectivity index (χ3v) is 3.92. The van der Waals surface area contributed by atoms with E-state index in [-0.39, 0.29) is 0 Å². The molecular weight excluding hydrogens is 250 g/mol. The summed E-state index contributed by atoms with van der Waals surface area (Å²) in [5.41, 5.74) is 2.38. The summed E-state index contributed by atoms with van der Waals surface area (Å²) < 4.78 is 4.40. The highest BCUT2D eigenvalue weighted by molar-refractivity contribution is 5.08. The van der Waals surface area contributed by atoms with Crippen LogP contribution in [0.1, 0.15) is 30.6 Å². The van der Waals surface area contributed by atoms with Crippen LogP contribution in [0.3, 0.4) is 0 Å². The Bertz CT molecular complexity index is 540. The van der Waals surface area contributed by atoms with E-state index in [1.165, 1.54) is 5.69 Å². The molecule has 20 heavy (non-hydrogen) atoms. The Hall–Kier alpha value is -1.62. The van der Waals surface area contributed by atoms with E-state index in [1.807, 2.05) is 25.6 Å². The van der Waals surface area contributed by atoms with Crippen LogP contribution >= 0.6 is 0 Å². The first-order valence-corrected chi connectivity index (χ1v) is 7.27. The number of nitrogens with zero attached hydrogens (tertiary/aromatic N) is 4. The van der Waals surface area contributed by atoms with Gasteiger partial charge in [0.1, 0.15) is 5.82 Å². The summed E-state index contributed by atoms with van der Waals surface area (Å²) in [5.74, 6) is 1.08. The molecule has 1 atom stereocenters. The van der Waals surface area contributed by atoms with Crippen LogP contribution in [0.25, 0.3) is 0 Å². The monoisotopic (exact) mass is 275 g/mol. The van der Waals surface area contributed by atoms with Crippen LogP contribution in [0, 0.1) is 20.8 Å². The zero-order valence-electron chi connectivity index (χ0n) is 12.9. The summed E-state index contributed by atoms with van der Waals surface area (Å²) in [6, 6.07) is 0.502. The molecule has 110 valence electrons. The van der Waals surface area contributed by atoms with E-state index in [1.54, 1.807) is 0 Å². The van der Waals surface area contributed by atoms with Crippen molar-refractivity contribution in [1.29, 1.82) is 0 Å². The number of nitrogens with one attached hydrogen (secondary N) is 1. The molecule has 5 heteroatoms. The molecule has 0 saturated carbocycles. The van der Waals surface area contributed by atoms with Crippen LogP contribution in [-0.2, 0) is 13.1 Å². The lowest BCUT2D eigenvalue weighted by Gasteiger charge is -2.15. The van der Waals surface area contributed by atoms with Gasteiger partial charge in [-0.1, -0.05) is 0 Å². The smallest absolute Gasteiger partial charge is 0.105 e. The van der Waals surface area contributed by atoms with E-state index in [4.69, 9.17) is 0 Å². The van der Waals surface area contributed by atoms with Gasteiger partial charge in [0, 0.05) is 43.8 Å². The van der Waals surface area contributed by atoms with Crippen molar-refractivity contribution < 1.29 is 0 Å². The van der Waals surface area contributed by atoms with Crippen LogP contribution in [-0.4, -0.2) is 31.7 Å². The highest BCUT2D eigenvalue weighted by Gasteiger charge is 2.05. The molecule has 0 radical (unpaired) electrons. The van der Waals surface area contributed by atoms with Crippen molar-refractivity contribution in [3.8, 4) is 0 Å². The maximum Gasteiger partial charge on any atom is 0.105 e. The molecule has 5 nitrogen and oxygen atoms in total. The first kappa shape index (κ1) is 14.8. The zero-order valence-corrected chi connectivity index (χ0v) is 12.9. The lowest BCUT2D eigenvalue weighted by molar-refractivity contribution is 0.457. The van der Waals surface area contributed by atoms with Crippen molar-refractivity contribution in [1.82, 2.24) is 24.4 Å². The maximum atomic E-state index is 4.32. The van der Waals surface area contributed by atoms with Crippen molar-refractivity contribution in [2.45, 2.75) is 53.2 Å². The summed E-state index contributed by atoms with van der Waals surface area (Å²) in [7, 11) is 0. The number of aryl methyl sites for hydroxylation is 3. The number of aromatic nitrogens is 4. The van der Waals surface area contributed by atoms with E-state index >= 15 is 0 Å². The van der Waals surface area contributed by atoms with E-state index < -0.39 is 0 Å². The number of imidazole rings is 2. The summed E-state index contributed by atoms with van der Waals surface area (Å²) >= 11 is 0. The van der Waals surface area contributed by atoms with Gasteiger partial charge in [-0.2, -0.15) is 0 Å². The van der Waals surface area contributed by atoms with Crippen LogP contribution in [0.2, 0.25) is 0 Å². The predicted molar refractivity (Wildman–Crippen MR) is 80.7 cm³/mol. The number of rotatable bonds is 7. The zero-order chi connectivity index (χ0) is 14.5. The molecule has 0 aliphatic rings. The largest absolute Gasteiger partial charge is 0.335 e. The molecule has 0 unspecified atom stereocenters. The first-order chi connectivity index (χ1) is 9.58. The van der Waals surface area contributed by atoms with E-state index in [0.717, 1.165) is 37.6 Å². The van der Waals surface area contributed by atoms with Gasteiger partial charge < -0.3 is 14.5 Å². The molecule has 0 spiro atoms. The minimum Gasteiger partial charge on any atom is -0.335 e. The van der Waals surface area contributed by atoms with Gasteiger partial charge in [-0.3, -0.25) is 0 Å². The Balaban J connectivity index is 1.69. The Morgan fingerprint density at radius 1 is 1.15 bits per heavy atom. The van der Waals surface area contributed by atoms with Crippen molar-refractivity contribution in [2.75, 3.05) is 6.54 Å². The third kappa shape index (κ3) is 3.70. The Morgan fingerprint density at radius 2 is 1.95 bits per heavy atom. The molecule has 0 fully saturated rings. The van der Waals surface area contributed by atoms with E-state index in [0.29, 0.717) is 6.04 Å². The Labute approximate surface area is 121 Å². The molecular formula is C15H25N5. The molecule has 2 aromatic heterocycles. The Kier molecular flexibility index (Phi) is 4.95. The fourth-order valence-corrected chi connectivity index (χ4v) is 2.28. The molecule has 2 rings (SSSR count). The minimum absolute atomic E-state index is 0.502. The molecule has 2 heterocycles. The standard InChI is InChI=1S/C15H25N5/c1-12(5-8-19-9-7-17-15(19)4)16-6-10-20-11-18-13(2)14(20)3/h7,9,11-12,16H,5-6,8,10H2,1-4H3/t12-/m0/s1. The number of hydrogen-bond acceptors (Lipinski definition) is 3. The summed E-state index contributed by atoms with van der Waals surface area (Å²) in [4.78, 5) is 8.56. The van der Waals surface area contributed by atoms with Crippen molar-refractivity contribution in [3.63, 3.8) is 0 Å². The fraction of sp³-hybridized carbons (Fsp3) is 0.600. The second-order valence-electron chi connectivity index (χ2n) is 5.42. The highest BCUT2D eigenvalue weighted by atomic mass is 15.1. The van der Waals surface area contributed by atoms with Gasteiger partial charge in [0.05, 0.1) is 12.0 Å². The van der Waals surface area contributed by atoms with Gasteiger partial charge in [-0.25, -0.2) is 9.97 Å². The Morgan fingerprint density at radius 3 is 2.55 bits per heavy atom. The van der Waals surface area contributed by atoms with Gasteiger partial charge in [-0.15, -0.1) is 0 Å². The average molecular weight is 275 g/mol. The molecule has 0 bridgehead atoms. The van der Waals surface area contributed by atoms with E-state index in [2.05, 4.69) is 45.2 Å². The predicted octanol–water partition coefficient (Wildman–Crippen LogP) is 2.07. The van der Waals surface area contributed by atoms with Crippen LogP contribution in [0.5, 0.6) is 0 Å². The molecule has 0 aliphatic carbocycles. The minimum atomic E-state index is 0.502. The lowest BCUT2D eigenvalue weighted by atomic mass is 10.2. The highest BCUT2D eigenvalue weighted by Crippen LogP contribution is 2.04. The molecule has 0 saturated heterocycles. The second-order valence-corrected chi connectivity index (χ2v) is 5.42. The molecule has 0 aromatic carbocycles. The van der Waals surface area contributed by atoms with Gasteiger partial charge >= 0.3 is 0 Å². The number of hydrogen-bond donors (Lipinski definition) is 1. The van der Waals surface area contributed by atoms with Gasteiger partial charge in [0.15, 0.2) is 0 Å². The quantitative estimate of drug-likeness (QED) is 0.841. The van der Waals surface area contributed by atoms with Crippen molar-refractivity contribution in [2.24, 2.45) is 0 Å². The maximum absolute atomic E-state index is 4.32. The van der Waals surface area contributed by atoms with Gasteiger partial charge in [-0.05, 0) is 34.1 Å². The topological polar surface area (TPSA) is 47.7 Å². The average Bonchev–Trinajstić information content (AvgIpc) is 2.97. The third-order valence-electron chi connectivity index (χ3n) is 3.92. The van der Waals surface area contributed by atoms with Crippen LogP contribution in [0.15, 0.2) is 18.7 Å². The lowest BCUT2D eigenvalue weighted by Crippen LogP contribution is -2.30. The molecule has 0 amide bonds. The molecule has 2 aromatic rings. The van der Waals surface area contributed by atoms with E-state index in [9.17, 15) is 0 Å². The normalized spacial score (nSPS) is 12.8. The summed E-state index contributed by atoms with van der Waals surface area (Å²) in [6.07, 6.45) is 6.93.